The second-order valence-electron chi connectivity index (χ2n) is 5.17. The number of nitrogens with zero attached hydrogens (tertiary/aromatic N) is 1. The van der Waals surface area contributed by atoms with Crippen LogP contribution in [0.4, 0.5) is 0 Å². The topological polar surface area (TPSA) is 42.4 Å². The van der Waals surface area contributed by atoms with Gasteiger partial charge >= 0.3 is 0 Å². The Kier molecular flexibility index (Phi) is 4.74. The number of aliphatic hydroxyl groups is 1. The number of rotatable bonds is 5. The monoisotopic (exact) mass is 271 g/mol. The molecule has 3 heteroatoms. The fourth-order valence-corrected chi connectivity index (χ4v) is 1.93. The minimum atomic E-state index is -0.506. The van der Waals surface area contributed by atoms with Gasteiger partial charge in [-0.05, 0) is 42.2 Å². The quantitative estimate of drug-likeness (QED) is 0.874. The maximum absolute atomic E-state index is 9.70. The molecule has 0 aliphatic heterocycles. The highest BCUT2D eigenvalue weighted by Crippen LogP contribution is 2.25. The van der Waals surface area contributed by atoms with Crippen molar-refractivity contribution in [2.24, 2.45) is 0 Å². The Morgan fingerprint density at radius 1 is 1.15 bits per heavy atom. The van der Waals surface area contributed by atoms with Gasteiger partial charge in [-0.1, -0.05) is 32.9 Å². The summed E-state index contributed by atoms with van der Waals surface area (Å²) < 4.78 is 5.79. The smallest absolute Gasteiger partial charge is 0.145 e. The average Bonchev–Trinajstić information content (AvgIpc) is 2.47. The number of pyridine rings is 1. The fourth-order valence-electron chi connectivity index (χ4n) is 1.93. The number of hydrogen-bond acceptors (Lipinski definition) is 3. The number of benzene rings is 1. The summed E-state index contributed by atoms with van der Waals surface area (Å²) in [6.07, 6.45) is 1.80. The first kappa shape index (κ1) is 14.5. The van der Waals surface area contributed by atoms with Gasteiger partial charge in [-0.2, -0.15) is 0 Å². The van der Waals surface area contributed by atoms with E-state index in [0.29, 0.717) is 23.8 Å². The molecule has 0 aliphatic rings. The lowest BCUT2D eigenvalue weighted by atomic mass is 10.0. The van der Waals surface area contributed by atoms with Gasteiger partial charge in [0.15, 0.2) is 0 Å². The van der Waals surface area contributed by atoms with Crippen molar-refractivity contribution >= 4 is 0 Å². The van der Waals surface area contributed by atoms with E-state index in [1.54, 1.807) is 12.3 Å². The van der Waals surface area contributed by atoms with Gasteiger partial charge in [0.2, 0.25) is 0 Å². The highest BCUT2D eigenvalue weighted by molar-refractivity contribution is 5.34. The molecule has 1 heterocycles. The summed E-state index contributed by atoms with van der Waals surface area (Å²) in [5.41, 5.74) is 1.92. The molecule has 20 heavy (non-hydrogen) atoms. The minimum absolute atomic E-state index is 0.471. The van der Waals surface area contributed by atoms with Crippen molar-refractivity contribution in [2.45, 2.75) is 39.2 Å². The van der Waals surface area contributed by atoms with Gasteiger partial charge in [0.05, 0.1) is 18.0 Å². The fraction of sp³-hybridized carbons (Fsp3) is 0.353. The summed E-state index contributed by atoms with van der Waals surface area (Å²) in [7, 11) is 0. The Hall–Kier alpha value is -1.87. The van der Waals surface area contributed by atoms with Crippen molar-refractivity contribution in [3.8, 4) is 11.5 Å². The summed E-state index contributed by atoms with van der Waals surface area (Å²) in [6, 6.07) is 11.7. The summed E-state index contributed by atoms with van der Waals surface area (Å²) in [5, 5.41) is 9.70. The molecule has 0 aliphatic carbocycles. The van der Waals surface area contributed by atoms with Gasteiger partial charge in [-0.3, -0.25) is 4.98 Å². The molecule has 106 valence electrons. The molecule has 2 aromatic rings. The minimum Gasteiger partial charge on any atom is -0.456 e. The van der Waals surface area contributed by atoms with E-state index >= 15 is 0 Å². The standard InChI is InChI=1S/C17H21NO2/c1-4-17(19)16-9-8-15(11-18-16)20-14-7-5-6-13(10-14)12(2)3/h5-12,17,19H,4H2,1-3H3/t17-/m1/s1. The average molecular weight is 271 g/mol. The number of aromatic nitrogens is 1. The Morgan fingerprint density at radius 2 is 1.95 bits per heavy atom. The van der Waals surface area contributed by atoms with Crippen molar-refractivity contribution in [1.29, 1.82) is 0 Å². The zero-order valence-electron chi connectivity index (χ0n) is 12.2. The summed E-state index contributed by atoms with van der Waals surface area (Å²) in [5.74, 6) is 1.96. The second kappa shape index (κ2) is 6.53. The highest BCUT2D eigenvalue weighted by Gasteiger charge is 2.07. The molecular formula is C17H21NO2. The predicted octanol–water partition coefficient (Wildman–Crippen LogP) is 4.44. The summed E-state index contributed by atoms with van der Waals surface area (Å²) >= 11 is 0. The van der Waals surface area contributed by atoms with Crippen molar-refractivity contribution in [3.63, 3.8) is 0 Å². The van der Waals surface area contributed by atoms with Gasteiger partial charge in [0.1, 0.15) is 11.5 Å². The van der Waals surface area contributed by atoms with E-state index in [2.05, 4.69) is 24.9 Å². The first-order chi connectivity index (χ1) is 9.60. The van der Waals surface area contributed by atoms with Crippen LogP contribution in [-0.4, -0.2) is 10.1 Å². The third-order valence-corrected chi connectivity index (χ3v) is 3.25. The highest BCUT2D eigenvalue weighted by atomic mass is 16.5. The van der Waals surface area contributed by atoms with E-state index in [1.165, 1.54) is 5.56 Å². The van der Waals surface area contributed by atoms with Crippen LogP contribution in [0.3, 0.4) is 0 Å². The van der Waals surface area contributed by atoms with Crippen LogP contribution in [-0.2, 0) is 0 Å². The van der Waals surface area contributed by atoms with Crippen molar-refractivity contribution < 1.29 is 9.84 Å². The van der Waals surface area contributed by atoms with Crippen LogP contribution >= 0.6 is 0 Å². The van der Waals surface area contributed by atoms with Gasteiger partial charge in [0, 0.05) is 0 Å². The largest absolute Gasteiger partial charge is 0.456 e. The molecule has 0 bridgehead atoms. The number of aliphatic hydroxyl groups excluding tert-OH is 1. The molecule has 0 fully saturated rings. The van der Waals surface area contributed by atoms with Crippen molar-refractivity contribution in [2.75, 3.05) is 0 Å². The van der Waals surface area contributed by atoms with E-state index in [4.69, 9.17) is 4.74 Å². The lowest BCUT2D eigenvalue weighted by molar-refractivity contribution is 0.169. The molecule has 2 rings (SSSR count). The van der Waals surface area contributed by atoms with Gasteiger partial charge in [0.25, 0.3) is 0 Å². The van der Waals surface area contributed by atoms with Crippen LogP contribution in [0.15, 0.2) is 42.6 Å². The van der Waals surface area contributed by atoms with Crippen LogP contribution in [0.25, 0.3) is 0 Å². The van der Waals surface area contributed by atoms with Crippen LogP contribution in [0.5, 0.6) is 11.5 Å². The second-order valence-corrected chi connectivity index (χ2v) is 5.17. The van der Waals surface area contributed by atoms with Crippen molar-refractivity contribution in [1.82, 2.24) is 4.98 Å². The first-order valence-corrected chi connectivity index (χ1v) is 7.02. The van der Waals surface area contributed by atoms with Gasteiger partial charge in [-0.25, -0.2) is 0 Å². The van der Waals surface area contributed by atoms with Crippen LogP contribution < -0.4 is 4.74 Å². The van der Waals surface area contributed by atoms with E-state index in [-0.39, 0.29) is 0 Å². The summed E-state index contributed by atoms with van der Waals surface area (Å²) in [4.78, 5) is 4.23. The Bertz CT molecular complexity index is 549. The van der Waals surface area contributed by atoms with Crippen LogP contribution in [0.1, 0.15) is 50.5 Å². The van der Waals surface area contributed by atoms with E-state index in [1.807, 2.05) is 31.2 Å². The molecular weight excluding hydrogens is 250 g/mol. The molecule has 1 atom stereocenters. The Labute approximate surface area is 120 Å². The molecule has 0 unspecified atom stereocenters. The molecule has 0 saturated carbocycles. The number of ether oxygens (including phenoxy) is 1. The maximum atomic E-state index is 9.70. The van der Waals surface area contributed by atoms with E-state index in [9.17, 15) is 5.11 Å². The Morgan fingerprint density at radius 3 is 2.55 bits per heavy atom. The van der Waals surface area contributed by atoms with Crippen LogP contribution in [0.2, 0.25) is 0 Å². The summed E-state index contributed by atoms with van der Waals surface area (Å²) in [6.45, 7) is 6.23. The molecule has 1 N–H and O–H groups in total. The molecule has 1 aromatic carbocycles. The lowest BCUT2D eigenvalue weighted by Crippen LogP contribution is -1.98. The van der Waals surface area contributed by atoms with Crippen LogP contribution in [0, 0.1) is 0 Å². The third kappa shape index (κ3) is 3.58. The van der Waals surface area contributed by atoms with Gasteiger partial charge in [-0.15, -0.1) is 0 Å². The van der Waals surface area contributed by atoms with Gasteiger partial charge < -0.3 is 9.84 Å². The molecule has 1 aromatic heterocycles. The molecule has 0 radical (unpaired) electrons. The molecule has 0 spiro atoms. The number of hydrogen-bond donors (Lipinski definition) is 1. The normalized spacial score (nSPS) is 12.4. The first-order valence-electron chi connectivity index (χ1n) is 7.02. The van der Waals surface area contributed by atoms with E-state index in [0.717, 1.165) is 5.75 Å². The lowest BCUT2D eigenvalue weighted by Gasteiger charge is -2.11. The van der Waals surface area contributed by atoms with Crippen molar-refractivity contribution in [3.05, 3.63) is 53.9 Å². The zero-order valence-corrected chi connectivity index (χ0v) is 12.2. The van der Waals surface area contributed by atoms with E-state index < -0.39 is 6.10 Å². The Balaban J connectivity index is 2.12. The molecule has 3 nitrogen and oxygen atoms in total. The SMILES string of the molecule is CC[C@@H](O)c1ccc(Oc2cccc(C(C)C)c2)cn1. The maximum Gasteiger partial charge on any atom is 0.145 e. The molecule has 0 saturated heterocycles. The zero-order chi connectivity index (χ0) is 14.5. The third-order valence-electron chi connectivity index (χ3n) is 3.25. The molecule has 0 amide bonds. The predicted molar refractivity (Wildman–Crippen MR) is 80.1 cm³/mol.